The third-order valence-electron chi connectivity index (χ3n) is 7.04. The SMILES string of the molecule is CC[C@]12CC[C@@H]3c4cc(C#N)c(O)cc4CC[C@H]3[C@@H]1C[C@H](F)C2=O. The van der Waals surface area contributed by atoms with Gasteiger partial charge in [0.1, 0.15) is 11.8 Å². The summed E-state index contributed by atoms with van der Waals surface area (Å²) in [5.41, 5.74) is 2.10. The van der Waals surface area contributed by atoms with Crippen LogP contribution in [0, 0.1) is 28.6 Å². The first-order valence-corrected chi connectivity index (χ1v) is 8.96. The summed E-state index contributed by atoms with van der Waals surface area (Å²) in [4.78, 5) is 12.5. The number of nitrogens with zero attached hydrogens (tertiary/aromatic N) is 1. The molecular weight excluding hydrogens is 305 g/mol. The summed E-state index contributed by atoms with van der Waals surface area (Å²) in [6.45, 7) is 2.02. The molecule has 1 aromatic carbocycles. The number of Topliss-reactive ketones (excluding diaryl/α,β-unsaturated/α-hetero) is 1. The van der Waals surface area contributed by atoms with Gasteiger partial charge in [-0.15, -0.1) is 0 Å². The number of aryl methyl sites for hydroxylation is 1. The number of phenols is 1. The van der Waals surface area contributed by atoms with Crippen LogP contribution in [-0.4, -0.2) is 17.1 Å². The molecule has 0 unspecified atom stereocenters. The number of ketones is 1. The number of carbonyl (C=O) groups excluding carboxylic acids is 1. The van der Waals surface area contributed by atoms with E-state index in [9.17, 15) is 19.6 Å². The Morgan fingerprint density at radius 3 is 2.92 bits per heavy atom. The molecule has 0 aliphatic heterocycles. The average molecular weight is 327 g/mol. The molecule has 126 valence electrons. The minimum absolute atomic E-state index is 0.0493. The Morgan fingerprint density at radius 1 is 1.42 bits per heavy atom. The van der Waals surface area contributed by atoms with Crippen molar-refractivity contribution >= 4 is 5.78 Å². The molecule has 1 aromatic rings. The van der Waals surface area contributed by atoms with Crippen molar-refractivity contribution in [3.63, 3.8) is 0 Å². The Balaban J connectivity index is 1.76. The number of rotatable bonds is 1. The van der Waals surface area contributed by atoms with E-state index in [4.69, 9.17) is 0 Å². The number of fused-ring (bicyclic) bond motifs is 5. The van der Waals surface area contributed by atoms with Crippen LogP contribution >= 0.6 is 0 Å². The van der Waals surface area contributed by atoms with Gasteiger partial charge in [-0.05, 0) is 79.5 Å². The Kier molecular flexibility index (Phi) is 3.46. The molecule has 3 nitrogen and oxygen atoms in total. The first-order chi connectivity index (χ1) is 11.5. The molecule has 0 spiro atoms. The van der Waals surface area contributed by atoms with Gasteiger partial charge in [0.15, 0.2) is 12.0 Å². The van der Waals surface area contributed by atoms with Gasteiger partial charge >= 0.3 is 0 Å². The monoisotopic (exact) mass is 327 g/mol. The molecule has 1 N–H and O–H groups in total. The topological polar surface area (TPSA) is 61.1 Å². The van der Waals surface area contributed by atoms with Crippen molar-refractivity contribution in [1.82, 2.24) is 0 Å². The molecule has 0 heterocycles. The molecule has 5 atom stereocenters. The molecule has 2 saturated carbocycles. The van der Waals surface area contributed by atoms with Gasteiger partial charge in [-0.1, -0.05) is 6.92 Å². The molecule has 2 fully saturated rings. The predicted molar refractivity (Wildman–Crippen MR) is 87.3 cm³/mol. The maximum atomic E-state index is 14.3. The van der Waals surface area contributed by atoms with Crippen LogP contribution in [-0.2, 0) is 11.2 Å². The van der Waals surface area contributed by atoms with Gasteiger partial charge in [-0.2, -0.15) is 5.26 Å². The van der Waals surface area contributed by atoms with Gasteiger partial charge in [0.05, 0.1) is 5.56 Å². The van der Waals surface area contributed by atoms with E-state index >= 15 is 0 Å². The van der Waals surface area contributed by atoms with E-state index in [0.29, 0.717) is 17.9 Å². The van der Waals surface area contributed by atoms with Crippen molar-refractivity contribution in [2.75, 3.05) is 0 Å². The molecule has 24 heavy (non-hydrogen) atoms. The third kappa shape index (κ3) is 1.90. The quantitative estimate of drug-likeness (QED) is 0.847. The van der Waals surface area contributed by atoms with Crippen molar-refractivity contribution in [1.29, 1.82) is 5.26 Å². The zero-order valence-electron chi connectivity index (χ0n) is 13.9. The normalized spacial score (nSPS) is 37.3. The Morgan fingerprint density at radius 2 is 2.21 bits per heavy atom. The molecule has 4 heteroatoms. The highest BCUT2D eigenvalue weighted by Crippen LogP contribution is 2.61. The highest BCUT2D eigenvalue weighted by molar-refractivity contribution is 5.91. The molecule has 0 aromatic heterocycles. The Hall–Kier alpha value is -1.89. The van der Waals surface area contributed by atoms with Crippen LogP contribution in [0.2, 0.25) is 0 Å². The van der Waals surface area contributed by atoms with Gasteiger partial charge in [-0.3, -0.25) is 4.79 Å². The smallest absolute Gasteiger partial charge is 0.173 e. The fraction of sp³-hybridized carbons (Fsp3) is 0.600. The molecular formula is C20H22FNO2. The van der Waals surface area contributed by atoms with Crippen LogP contribution in [0.3, 0.4) is 0 Å². The van der Waals surface area contributed by atoms with Gasteiger partial charge in [0, 0.05) is 5.41 Å². The van der Waals surface area contributed by atoms with Gasteiger partial charge in [0.25, 0.3) is 0 Å². The Bertz CT molecular complexity index is 753. The minimum Gasteiger partial charge on any atom is -0.507 e. The van der Waals surface area contributed by atoms with E-state index in [1.54, 1.807) is 6.07 Å². The van der Waals surface area contributed by atoms with Crippen LogP contribution in [0.15, 0.2) is 12.1 Å². The fourth-order valence-corrected chi connectivity index (χ4v) is 5.87. The summed E-state index contributed by atoms with van der Waals surface area (Å²) in [6, 6.07) is 5.61. The van der Waals surface area contributed by atoms with Crippen LogP contribution in [0.1, 0.15) is 61.6 Å². The zero-order chi connectivity index (χ0) is 17.1. The lowest BCUT2D eigenvalue weighted by Gasteiger charge is -2.49. The van der Waals surface area contributed by atoms with Crippen LogP contribution in [0.4, 0.5) is 4.39 Å². The number of carbonyl (C=O) groups is 1. The summed E-state index contributed by atoms with van der Waals surface area (Å²) in [5.74, 6) is 0.600. The standard InChI is InChI=1S/C20H22FNO2/c1-2-20-6-5-13-14(16(20)9-17(21)19(20)24)4-3-11-8-18(23)12(10-22)7-15(11)13/h7-8,13-14,16-17,23H,2-6,9H2,1H3/t13-,14+,16-,17-,20-/m0/s1. The van der Waals surface area contributed by atoms with Gasteiger partial charge in [-0.25, -0.2) is 4.39 Å². The highest BCUT2D eigenvalue weighted by atomic mass is 19.1. The predicted octanol–water partition coefficient (Wildman–Crippen LogP) is 4.03. The summed E-state index contributed by atoms with van der Waals surface area (Å²) < 4.78 is 14.3. The lowest BCUT2D eigenvalue weighted by molar-refractivity contribution is -0.134. The third-order valence-corrected chi connectivity index (χ3v) is 7.04. The number of alkyl halides is 1. The largest absolute Gasteiger partial charge is 0.507 e. The van der Waals surface area contributed by atoms with Crippen molar-refractivity contribution in [3.8, 4) is 11.8 Å². The van der Waals surface area contributed by atoms with E-state index in [1.165, 1.54) is 0 Å². The van der Waals surface area contributed by atoms with Gasteiger partial charge in [0.2, 0.25) is 0 Å². The molecule has 0 amide bonds. The molecule has 3 aliphatic rings. The molecule has 0 saturated heterocycles. The van der Waals surface area contributed by atoms with Crippen LogP contribution < -0.4 is 0 Å². The second kappa shape index (κ2) is 5.31. The van der Waals surface area contributed by atoms with Crippen LogP contribution in [0.5, 0.6) is 5.75 Å². The van der Waals surface area contributed by atoms with Crippen LogP contribution in [0.25, 0.3) is 0 Å². The zero-order valence-corrected chi connectivity index (χ0v) is 13.9. The van der Waals surface area contributed by atoms with E-state index in [2.05, 4.69) is 6.07 Å². The summed E-state index contributed by atoms with van der Waals surface area (Å²) in [6.07, 6.45) is 3.18. The van der Waals surface area contributed by atoms with E-state index in [1.807, 2.05) is 13.0 Å². The lowest BCUT2D eigenvalue weighted by Crippen LogP contribution is -2.44. The van der Waals surface area contributed by atoms with Gasteiger partial charge < -0.3 is 5.11 Å². The number of aromatic hydroxyl groups is 1. The molecule has 3 aliphatic carbocycles. The highest BCUT2D eigenvalue weighted by Gasteiger charge is 2.60. The number of halogens is 1. The average Bonchev–Trinajstić information content (AvgIpc) is 2.85. The first kappa shape index (κ1) is 15.6. The first-order valence-electron chi connectivity index (χ1n) is 8.96. The summed E-state index contributed by atoms with van der Waals surface area (Å²) >= 11 is 0. The second-order valence-electron chi connectivity index (χ2n) is 7.71. The number of hydrogen-bond acceptors (Lipinski definition) is 3. The minimum atomic E-state index is -1.30. The van der Waals surface area contributed by atoms with Crippen molar-refractivity contribution in [3.05, 3.63) is 28.8 Å². The molecule has 0 bridgehead atoms. The number of hydrogen-bond donors (Lipinski definition) is 1. The number of nitriles is 1. The van der Waals surface area contributed by atoms with Crippen molar-refractivity contribution in [2.45, 2.75) is 57.5 Å². The number of benzene rings is 1. The molecule has 0 radical (unpaired) electrons. The summed E-state index contributed by atoms with van der Waals surface area (Å²) in [7, 11) is 0. The molecule has 4 rings (SSSR count). The Labute approximate surface area is 141 Å². The second-order valence-corrected chi connectivity index (χ2v) is 7.71. The summed E-state index contributed by atoms with van der Waals surface area (Å²) in [5, 5.41) is 19.2. The van der Waals surface area contributed by atoms with E-state index in [-0.39, 0.29) is 23.4 Å². The maximum absolute atomic E-state index is 14.3. The fourth-order valence-electron chi connectivity index (χ4n) is 5.87. The van der Waals surface area contributed by atoms with E-state index < -0.39 is 11.6 Å². The number of phenolic OH excluding ortho intramolecular Hbond substituents is 1. The van der Waals surface area contributed by atoms with Crippen molar-refractivity contribution in [2.24, 2.45) is 17.3 Å². The maximum Gasteiger partial charge on any atom is 0.173 e. The van der Waals surface area contributed by atoms with E-state index in [0.717, 1.165) is 43.2 Å². The lowest BCUT2D eigenvalue weighted by atomic mass is 9.54. The van der Waals surface area contributed by atoms with Crippen molar-refractivity contribution < 1.29 is 14.3 Å².